The van der Waals surface area contributed by atoms with E-state index in [2.05, 4.69) is 34.5 Å². The third kappa shape index (κ3) is 1.65. The summed E-state index contributed by atoms with van der Waals surface area (Å²) in [5.41, 5.74) is 0.223. The van der Waals surface area contributed by atoms with E-state index < -0.39 is 0 Å². The molecule has 1 aliphatic rings. The zero-order valence-corrected chi connectivity index (χ0v) is 8.95. The van der Waals surface area contributed by atoms with Crippen molar-refractivity contribution in [3.05, 3.63) is 5.82 Å². The summed E-state index contributed by atoms with van der Waals surface area (Å²) in [7, 11) is 0. The molecule has 78 valence electrons. The van der Waals surface area contributed by atoms with Gasteiger partial charge in [-0.15, -0.1) is 10.2 Å². The van der Waals surface area contributed by atoms with Gasteiger partial charge in [-0.2, -0.15) is 5.21 Å². The normalized spacial score (nSPS) is 20.5. The summed E-state index contributed by atoms with van der Waals surface area (Å²) < 4.78 is 0. The lowest BCUT2D eigenvalue weighted by atomic mass is 9.78. The third-order valence-corrected chi connectivity index (χ3v) is 3.18. The second-order valence-corrected chi connectivity index (χ2v) is 4.82. The summed E-state index contributed by atoms with van der Waals surface area (Å²) in [6, 6.07) is 0. The van der Waals surface area contributed by atoms with Crippen LogP contribution in [0.5, 0.6) is 0 Å². The van der Waals surface area contributed by atoms with Gasteiger partial charge >= 0.3 is 0 Å². The van der Waals surface area contributed by atoms with Crippen molar-refractivity contribution < 1.29 is 0 Å². The van der Waals surface area contributed by atoms with Crippen LogP contribution in [0, 0.1) is 5.92 Å². The average molecular weight is 194 g/mol. The zero-order chi connectivity index (χ0) is 10.0. The lowest BCUT2D eigenvalue weighted by Gasteiger charge is -2.26. The first-order valence-electron chi connectivity index (χ1n) is 5.47. The van der Waals surface area contributed by atoms with Crippen LogP contribution in [0.2, 0.25) is 0 Å². The molecule has 0 bridgehead atoms. The van der Waals surface area contributed by atoms with Gasteiger partial charge in [0.1, 0.15) is 0 Å². The Balaban J connectivity index is 2.22. The van der Waals surface area contributed by atoms with Crippen LogP contribution in [0.4, 0.5) is 0 Å². The van der Waals surface area contributed by atoms with Crippen molar-refractivity contribution in [3.8, 4) is 0 Å². The molecule has 0 radical (unpaired) electrons. The quantitative estimate of drug-likeness (QED) is 0.801. The lowest BCUT2D eigenvalue weighted by molar-refractivity contribution is 0.329. The fourth-order valence-corrected chi connectivity index (χ4v) is 2.74. The molecule has 4 heteroatoms. The number of hydrogen-bond donors (Lipinski definition) is 1. The maximum absolute atomic E-state index is 4.18. The third-order valence-electron chi connectivity index (χ3n) is 3.18. The predicted octanol–water partition coefficient (Wildman–Crippen LogP) is 2.06. The highest BCUT2D eigenvalue weighted by Crippen LogP contribution is 2.43. The minimum Gasteiger partial charge on any atom is -0.177 e. The Hall–Kier alpha value is -0.930. The number of tetrazole rings is 1. The minimum absolute atomic E-state index is 0.223. The number of aromatic nitrogens is 4. The molecule has 0 aliphatic heterocycles. The summed E-state index contributed by atoms with van der Waals surface area (Å²) in [5, 5.41) is 14.6. The van der Waals surface area contributed by atoms with Crippen LogP contribution in [0.25, 0.3) is 0 Å². The first-order valence-corrected chi connectivity index (χ1v) is 5.47. The Labute approximate surface area is 84.5 Å². The SMILES string of the molecule is CC(C)CC1(c2nn[nH]n2)CCCC1. The van der Waals surface area contributed by atoms with E-state index in [4.69, 9.17) is 0 Å². The van der Waals surface area contributed by atoms with Gasteiger partial charge in [0.15, 0.2) is 5.82 Å². The second-order valence-electron chi connectivity index (χ2n) is 4.82. The molecular weight excluding hydrogens is 176 g/mol. The second kappa shape index (κ2) is 3.67. The molecule has 1 aliphatic carbocycles. The van der Waals surface area contributed by atoms with Crippen LogP contribution in [0.15, 0.2) is 0 Å². The van der Waals surface area contributed by atoms with Gasteiger partial charge in [0.25, 0.3) is 0 Å². The number of rotatable bonds is 3. The van der Waals surface area contributed by atoms with Gasteiger partial charge in [0, 0.05) is 5.41 Å². The van der Waals surface area contributed by atoms with Gasteiger partial charge < -0.3 is 0 Å². The molecule has 0 saturated heterocycles. The summed E-state index contributed by atoms with van der Waals surface area (Å²) in [4.78, 5) is 0. The predicted molar refractivity (Wildman–Crippen MR) is 53.8 cm³/mol. The molecule has 0 atom stereocenters. The molecule has 1 heterocycles. The fraction of sp³-hybridized carbons (Fsp3) is 0.900. The number of nitrogens with one attached hydrogen (secondary N) is 1. The molecule has 1 fully saturated rings. The van der Waals surface area contributed by atoms with E-state index in [0.717, 1.165) is 5.82 Å². The van der Waals surface area contributed by atoms with Crippen molar-refractivity contribution in [2.24, 2.45) is 5.92 Å². The first-order chi connectivity index (χ1) is 6.73. The highest BCUT2D eigenvalue weighted by Gasteiger charge is 2.39. The molecule has 1 aromatic heterocycles. The van der Waals surface area contributed by atoms with Crippen molar-refractivity contribution in [1.29, 1.82) is 0 Å². The maximum Gasteiger partial charge on any atom is 0.180 e. The summed E-state index contributed by atoms with van der Waals surface area (Å²) in [6.45, 7) is 4.53. The van der Waals surface area contributed by atoms with E-state index in [-0.39, 0.29) is 5.41 Å². The molecule has 1 N–H and O–H groups in total. The summed E-state index contributed by atoms with van der Waals surface area (Å²) >= 11 is 0. The molecule has 0 unspecified atom stereocenters. The highest BCUT2D eigenvalue weighted by atomic mass is 15.5. The Bertz CT molecular complexity index is 272. The Morgan fingerprint density at radius 1 is 1.36 bits per heavy atom. The van der Waals surface area contributed by atoms with Crippen LogP contribution in [-0.2, 0) is 5.41 Å². The Kier molecular flexibility index (Phi) is 2.52. The number of H-pyrrole nitrogens is 1. The van der Waals surface area contributed by atoms with Crippen molar-refractivity contribution in [2.75, 3.05) is 0 Å². The summed E-state index contributed by atoms with van der Waals surface area (Å²) in [6.07, 6.45) is 6.25. The maximum atomic E-state index is 4.18. The van der Waals surface area contributed by atoms with E-state index in [1.165, 1.54) is 32.1 Å². The molecular formula is C10H18N4. The van der Waals surface area contributed by atoms with Crippen LogP contribution in [0.3, 0.4) is 0 Å². The smallest absolute Gasteiger partial charge is 0.177 e. The number of nitrogens with zero attached hydrogens (tertiary/aromatic N) is 3. The van der Waals surface area contributed by atoms with E-state index in [1.54, 1.807) is 0 Å². The molecule has 0 amide bonds. The standard InChI is InChI=1S/C10H18N4/c1-8(2)7-10(5-3-4-6-10)9-11-13-14-12-9/h8H,3-7H2,1-2H3,(H,11,12,13,14). The monoisotopic (exact) mass is 194 g/mol. The van der Waals surface area contributed by atoms with Gasteiger partial charge in [-0.3, -0.25) is 0 Å². The Morgan fingerprint density at radius 2 is 2.07 bits per heavy atom. The van der Waals surface area contributed by atoms with E-state index in [0.29, 0.717) is 5.92 Å². The highest BCUT2D eigenvalue weighted by molar-refractivity contribution is 5.08. The van der Waals surface area contributed by atoms with Crippen LogP contribution >= 0.6 is 0 Å². The van der Waals surface area contributed by atoms with Crippen molar-refractivity contribution in [2.45, 2.75) is 51.4 Å². The molecule has 2 rings (SSSR count). The largest absolute Gasteiger partial charge is 0.180 e. The van der Waals surface area contributed by atoms with Gasteiger partial charge in [-0.1, -0.05) is 31.9 Å². The summed E-state index contributed by atoms with van der Waals surface area (Å²) in [5.74, 6) is 1.63. The fourth-order valence-electron chi connectivity index (χ4n) is 2.74. The number of aromatic amines is 1. The van der Waals surface area contributed by atoms with E-state index in [9.17, 15) is 0 Å². The molecule has 4 nitrogen and oxygen atoms in total. The molecule has 1 saturated carbocycles. The van der Waals surface area contributed by atoms with Crippen molar-refractivity contribution in [3.63, 3.8) is 0 Å². The van der Waals surface area contributed by atoms with Crippen LogP contribution in [-0.4, -0.2) is 20.6 Å². The van der Waals surface area contributed by atoms with E-state index >= 15 is 0 Å². The van der Waals surface area contributed by atoms with Crippen LogP contribution < -0.4 is 0 Å². The van der Waals surface area contributed by atoms with E-state index in [1.807, 2.05) is 0 Å². The van der Waals surface area contributed by atoms with Crippen molar-refractivity contribution >= 4 is 0 Å². The molecule has 0 aromatic carbocycles. The number of hydrogen-bond acceptors (Lipinski definition) is 3. The molecule has 1 aromatic rings. The van der Waals surface area contributed by atoms with Gasteiger partial charge in [-0.25, -0.2) is 0 Å². The first kappa shape index (κ1) is 9.62. The average Bonchev–Trinajstić information content (AvgIpc) is 2.69. The zero-order valence-electron chi connectivity index (χ0n) is 8.95. The topological polar surface area (TPSA) is 54.5 Å². The van der Waals surface area contributed by atoms with Gasteiger partial charge in [0.05, 0.1) is 0 Å². The molecule has 0 spiro atoms. The Morgan fingerprint density at radius 3 is 2.57 bits per heavy atom. The van der Waals surface area contributed by atoms with Crippen molar-refractivity contribution in [1.82, 2.24) is 20.6 Å². The van der Waals surface area contributed by atoms with Crippen LogP contribution in [0.1, 0.15) is 51.8 Å². The van der Waals surface area contributed by atoms with Gasteiger partial charge in [0.2, 0.25) is 0 Å². The molecule has 14 heavy (non-hydrogen) atoms. The van der Waals surface area contributed by atoms with Gasteiger partial charge in [-0.05, 0) is 25.2 Å². The minimum atomic E-state index is 0.223. The lowest BCUT2D eigenvalue weighted by Crippen LogP contribution is -2.26.